The number of sulfonamides is 1. The van der Waals surface area contributed by atoms with Gasteiger partial charge in [-0.2, -0.15) is 13.2 Å². The lowest BCUT2D eigenvalue weighted by Crippen LogP contribution is -2.42. The molecule has 1 aliphatic heterocycles. The molecular weight excluding hydrogens is 484 g/mol. The molecule has 0 amide bonds. The van der Waals surface area contributed by atoms with E-state index in [9.17, 15) is 26.0 Å². The van der Waals surface area contributed by atoms with Gasteiger partial charge in [0.1, 0.15) is 5.69 Å². The van der Waals surface area contributed by atoms with Gasteiger partial charge in [0.25, 0.3) is 0 Å². The van der Waals surface area contributed by atoms with Crippen molar-refractivity contribution >= 4 is 32.4 Å². The fraction of sp³-hybridized carbons (Fsp3) is 0.632. The van der Waals surface area contributed by atoms with Crippen molar-refractivity contribution in [1.82, 2.24) is 19.3 Å². The normalized spacial score (nSPS) is 19.2. The Bertz CT molecular complexity index is 1090. The third kappa shape index (κ3) is 5.72. The van der Waals surface area contributed by atoms with Gasteiger partial charge in [0.05, 0.1) is 17.3 Å². The van der Waals surface area contributed by atoms with E-state index in [-0.39, 0.29) is 23.2 Å². The van der Waals surface area contributed by atoms with E-state index in [2.05, 4.69) is 25.6 Å². The summed E-state index contributed by atoms with van der Waals surface area (Å²) in [5, 5.41) is 6.11. The van der Waals surface area contributed by atoms with Crippen molar-refractivity contribution < 1.29 is 26.0 Å². The number of hydrogen-bond acceptors (Lipinski definition) is 8. The van der Waals surface area contributed by atoms with Crippen molar-refractivity contribution in [2.24, 2.45) is 0 Å². The van der Waals surface area contributed by atoms with Gasteiger partial charge in [-0.1, -0.05) is 24.2 Å². The van der Waals surface area contributed by atoms with Crippen molar-refractivity contribution in [3.8, 4) is 10.6 Å². The quantitative estimate of drug-likeness (QED) is 0.570. The van der Waals surface area contributed by atoms with Crippen LogP contribution in [0.3, 0.4) is 0 Å². The Balaban J connectivity index is 1.56. The number of alkyl halides is 3. The van der Waals surface area contributed by atoms with Gasteiger partial charge in [0.15, 0.2) is 16.6 Å². The summed E-state index contributed by atoms with van der Waals surface area (Å²) >= 11 is 0.725. The van der Waals surface area contributed by atoms with Crippen LogP contribution in [0.5, 0.6) is 0 Å². The maximum Gasteiger partial charge on any atom is 0.434 e. The molecule has 14 heteroatoms. The Labute approximate surface area is 192 Å². The van der Waals surface area contributed by atoms with Crippen LogP contribution in [0.2, 0.25) is 0 Å². The molecular formula is C19H24F4N6O2S2. The lowest BCUT2D eigenvalue weighted by molar-refractivity contribution is -0.140. The summed E-state index contributed by atoms with van der Waals surface area (Å²) in [6.45, 7) is 0.599. The third-order valence-electron chi connectivity index (χ3n) is 5.79. The molecule has 0 bridgehead atoms. The fourth-order valence-electron chi connectivity index (χ4n) is 4.09. The lowest BCUT2D eigenvalue weighted by Gasteiger charge is -2.30. The van der Waals surface area contributed by atoms with E-state index in [0.29, 0.717) is 25.9 Å². The molecule has 33 heavy (non-hydrogen) atoms. The maximum absolute atomic E-state index is 14.6. The second-order valence-corrected chi connectivity index (χ2v) is 11.3. The first-order chi connectivity index (χ1) is 15.5. The molecule has 2 aromatic rings. The number of piperidine rings is 1. The van der Waals surface area contributed by atoms with Gasteiger partial charge in [-0.3, -0.25) is 0 Å². The highest BCUT2D eigenvalue weighted by Crippen LogP contribution is 2.42. The second-order valence-electron chi connectivity index (χ2n) is 8.29. The first-order valence-corrected chi connectivity index (χ1v) is 13.3. The average Bonchev–Trinajstić information content (AvgIpc) is 3.39. The monoisotopic (exact) mass is 508 g/mol. The molecule has 0 aromatic carbocycles. The molecule has 2 aliphatic rings. The van der Waals surface area contributed by atoms with Crippen LogP contribution in [-0.2, 0) is 16.2 Å². The predicted octanol–water partition coefficient (Wildman–Crippen LogP) is 3.95. The van der Waals surface area contributed by atoms with Crippen LogP contribution in [0.4, 0.5) is 28.6 Å². The van der Waals surface area contributed by atoms with E-state index >= 15 is 0 Å². The predicted molar refractivity (Wildman–Crippen MR) is 117 cm³/mol. The van der Waals surface area contributed by atoms with Crippen LogP contribution in [0, 0.1) is 5.82 Å². The zero-order valence-electron chi connectivity index (χ0n) is 17.8. The lowest BCUT2D eigenvalue weighted by atomic mass is 10.1. The zero-order valence-corrected chi connectivity index (χ0v) is 19.5. The third-order valence-corrected chi connectivity index (χ3v) is 8.09. The number of thiazole rings is 1. The van der Waals surface area contributed by atoms with Crippen LogP contribution in [0.25, 0.3) is 10.6 Å². The number of nitrogens with zero attached hydrogens (tertiary/aromatic N) is 4. The van der Waals surface area contributed by atoms with Gasteiger partial charge in [-0.25, -0.2) is 32.1 Å². The Morgan fingerprint density at radius 1 is 1.06 bits per heavy atom. The number of aromatic nitrogens is 3. The minimum atomic E-state index is -4.77. The summed E-state index contributed by atoms with van der Waals surface area (Å²) in [6, 6.07) is -0.139. The highest BCUT2D eigenvalue weighted by atomic mass is 32.2. The molecule has 0 radical (unpaired) electrons. The molecule has 2 fully saturated rings. The fourth-order valence-corrected chi connectivity index (χ4v) is 6.02. The standard InChI is InChI=1S/C19H24F4N6O2S2/c1-33(30,31)29-8-6-12(7-9-29)25-17-24-10-13(20)14(27-17)15-16(19(21,22)23)28-18(32-15)26-11-4-2-3-5-11/h10-12H,2-9H2,1H3,(H,26,28)(H,24,25,27). The number of hydrogen-bond donors (Lipinski definition) is 2. The zero-order chi connectivity index (χ0) is 23.8. The maximum atomic E-state index is 14.6. The smallest absolute Gasteiger partial charge is 0.359 e. The first-order valence-electron chi connectivity index (χ1n) is 10.6. The van der Waals surface area contributed by atoms with Crippen molar-refractivity contribution in [3.05, 3.63) is 17.7 Å². The first kappa shape index (κ1) is 24.1. The van der Waals surface area contributed by atoms with Crippen molar-refractivity contribution in [2.75, 3.05) is 30.0 Å². The summed E-state index contributed by atoms with van der Waals surface area (Å²) < 4.78 is 80.3. The minimum Gasteiger partial charge on any atom is -0.359 e. The van der Waals surface area contributed by atoms with Gasteiger partial charge >= 0.3 is 6.18 Å². The van der Waals surface area contributed by atoms with Gasteiger partial charge in [-0.05, 0) is 25.7 Å². The van der Waals surface area contributed by atoms with Crippen LogP contribution in [-0.4, -0.2) is 59.1 Å². The SMILES string of the molecule is CS(=O)(=O)N1CCC(Nc2ncc(F)c(-c3sc(NC4CCCC4)nc3C(F)(F)F)n2)CC1. The molecule has 3 heterocycles. The number of anilines is 2. The molecule has 1 aliphatic carbocycles. The van der Waals surface area contributed by atoms with Crippen LogP contribution >= 0.6 is 11.3 Å². The molecule has 0 unspecified atom stereocenters. The van der Waals surface area contributed by atoms with Crippen molar-refractivity contribution in [3.63, 3.8) is 0 Å². The summed E-state index contributed by atoms with van der Waals surface area (Å²) in [4.78, 5) is 11.2. The number of halogens is 4. The Morgan fingerprint density at radius 3 is 2.30 bits per heavy atom. The number of nitrogens with one attached hydrogen (secondary N) is 2. The van der Waals surface area contributed by atoms with E-state index in [1.165, 1.54) is 4.31 Å². The van der Waals surface area contributed by atoms with Crippen LogP contribution in [0.1, 0.15) is 44.2 Å². The molecule has 1 saturated heterocycles. The molecule has 0 atom stereocenters. The van der Waals surface area contributed by atoms with E-state index < -0.39 is 38.3 Å². The molecule has 2 aromatic heterocycles. The topological polar surface area (TPSA) is 100 Å². The van der Waals surface area contributed by atoms with Crippen LogP contribution < -0.4 is 10.6 Å². The highest BCUT2D eigenvalue weighted by Gasteiger charge is 2.39. The van der Waals surface area contributed by atoms with Gasteiger partial charge < -0.3 is 10.6 Å². The second kappa shape index (κ2) is 9.29. The van der Waals surface area contributed by atoms with E-state index in [0.717, 1.165) is 49.5 Å². The average molecular weight is 509 g/mol. The number of rotatable bonds is 6. The van der Waals surface area contributed by atoms with Crippen molar-refractivity contribution in [2.45, 2.75) is 56.8 Å². The summed E-state index contributed by atoms with van der Waals surface area (Å²) in [5.41, 5.74) is -1.65. The Hall–Kier alpha value is -2.06. The van der Waals surface area contributed by atoms with E-state index in [1.54, 1.807) is 0 Å². The van der Waals surface area contributed by atoms with Gasteiger partial charge in [-0.15, -0.1) is 0 Å². The van der Waals surface area contributed by atoms with Crippen LogP contribution in [0.15, 0.2) is 6.20 Å². The molecule has 2 N–H and O–H groups in total. The van der Waals surface area contributed by atoms with Gasteiger partial charge in [0, 0.05) is 25.2 Å². The summed E-state index contributed by atoms with van der Waals surface area (Å²) in [5.74, 6) is -0.995. The summed E-state index contributed by atoms with van der Waals surface area (Å²) in [6.07, 6.45) is 1.83. The Kier molecular flexibility index (Phi) is 6.78. The summed E-state index contributed by atoms with van der Waals surface area (Å²) in [7, 11) is -3.29. The largest absolute Gasteiger partial charge is 0.434 e. The van der Waals surface area contributed by atoms with Crippen molar-refractivity contribution in [1.29, 1.82) is 0 Å². The molecule has 4 rings (SSSR count). The molecule has 0 spiro atoms. The van der Waals surface area contributed by atoms with Gasteiger partial charge in [0.2, 0.25) is 16.0 Å². The Morgan fingerprint density at radius 2 is 1.70 bits per heavy atom. The molecule has 182 valence electrons. The highest BCUT2D eigenvalue weighted by molar-refractivity contribution is 7.88. The minimum absolute atomic E-state index is 0.0176. The molecule has 8 nitrogen and oxygen atoms in total. The van der Waals surface area contributed by atoms with E-state index in [4.69, 9.17) is 0 Å². The van der Waals surface area contributed by atoms with E-state index in [1.807, 2.05) is 0 Å². The molecule has 1 saturated carbocycles.